The van der Waals surface area contributed by atoms with E-state index in [1.807, 2.05) is 11.7 Å². The molecule has 0 fully saturated rings. The minimum absolute atomic E-state index is 0.969. The SMILES string of the molecule is CCc1nn(C)c(CN(CC)CC)c1Br. The van der Waals surface area contributed by atoms with Gasteiger partial charge in [-0.15, -0.1) is 0 Å². The van der Waals surface area contributed by atoms with E-state index in [0.717, 1.165) is 31.7 Å². The van der Waals surface area contributed by atoms with E-state index in [9.17, 15) is 0 Å². The van der Waals surface area contributed by atoms with Gasteiger partial charge in [0.1, 0.15) is 0 Å². The number of nitrogens with zero attached hydrogens (tertiary/aromatic N) is 3. The molecule has 0 aliphatic heterocycles. The molecule has 0 saturated heterocycles. The third kappa shape index (κ3) is 2.82. The molecular weight excluding hydrogens is 254 g/mol. The van der Waals surface area contributed by atoms with Crippen LogP contribution in [0.2, 0.25) is 0 Å². The van der Waals surface area contributed by atoms with Gasteiger partial charge in [-0.2, -0.15) is 5.10 Å². The lowest BCUT2D eigenvalue weighted by atomic mass is 10.3. The first-order valence-corrected chi connectivity index (χ1v) is 6.35. The highest BCUT2D eigenvalue weighted by Gasteiger charge is 2.14. The lowest BCUT2D eigenvalue weighted by molar-refractivity contribution is 0.287. The average Bonchev–Trinajstić information content (AvgIpc) is 2.51. The van der Waals surface area contributed by atoms with Crippen LogP contribution < -0.4 is 0 Å². The minimum atomic E-state index is 0.969. The van der Waals surface area contributed by atoms with Crippen molar-refractivity contribution in [2.45, 2.75) is 33.7 Å². The largest absolute Gasteiger partial charge is 0.298 e. The molecule has 15 heavy (non-hydrogen) atoms. The molecule has 0 unspecified atom stereocenters. The zero-order valence-electron chi connectivity index (χ0n) is 10.0. The summed E-state index contributed by atoms with van der Waals surface area (Å²) < 4.78 is 3.17. The Morgan fingerprint density at radius 3 is 2.27 bits per heavy atom. The summed E-state index contributed by atoms with van der Waals surface area (Å²) in [5.41, 5.74) is 2.43. The Labute approximate surface area is 101 Å². The Kier molecular flexibility index (Phi) is 4.80. The molecule has 0 saturated carbocycles. The van der Waals surface area contributed by atoms with Crippen molar-refractivity contribution in [3.8, 4) is 0 Å². The van der Waals surface area contributed by atoms with Crippen LogP contribution in [-0.2, 0) is 20.0 Å². The van der Waals surface area contributed by atoms with Gasteiger partial charge in [0, 0.05) is 13.6 Å². The topological polar surface area (TPSA) is 21.1 Å². The molecule has 0 aliphatic carbocycles. The molecule has 0 atom stereocenters. The normalized spacial score (nSPS) is 11.3. The maximum atomic E-state index is 4.49. The fraction of sp³-hybridized carbons (Fsp3) is 0.727. The lowest BCUT2D eigenvalue weighted by Crippen LogP contribution is -2.23. The predicted molar refractivity (Wildman–Crippen MR) is 66.9 cm³/mol. The van der Waals surface area contributed by atoms with Gasteiger partial charge in [0.2, 0.25) is 0 Å². The van der Waals surface area contributed by atoms with Crippen LogP contribution in [0.1, 0.15) is 32.2 Å². The van der Waals surface area contributed by atoms with Crippen LogP contribution in [0.15, 0.2) is 4.47 Å². The van der Waals surface area contributed by atoms with Crippen molar-refractivity contribution in [3.05, 3.63) is 15.9 Å². The molecule has 0 radical (unpaired) electrons. The molecule has 1 rings (SSSR count). The van der Waals surface area contributed by atoms with Crippen LogP contribution in [0.5, 0.6) is 0 Å². The maximum Gasteiger partial charge on any atom is 0.0767 e. The summed E-state index contributed by atoms with van der Waals surface area (Å²) >= 11 is 3.64. The minimum Gasteiger partial charge on any atom is -0.298 e. The molecule has 4 heteroatoms. The second-order valence-corrected chi connectivity index (χ2v) is 4.44. The summed E-state index contributed by atoms with van der Waals surface area (Å²) in [6.07, 6.45) is 0.979. The van der Waals surface area contributed by atoms with E-state index in [0.29, 0.717) is 0 Å². The number of hydrogen-bond donors (Lipinski definition) is 0. The number of aromatic nitrogens is 2. The molecule has 0 aliphatic rings. The highest BCUT2D eigenvalue weighted by molar-refractivity contribution is 9.10. The number of hydrogen-bond acceptors (Lipinski definition) is 2. The van der Waals surface area contributed by atoms with Crippen molar-refractivity contribution in [2.24, 2.45) is 7.05 Å². The maximum absolute atomic E-state index is 4.49. The molecule has 1 aromatic rings. The molecule has 1 heterocycles. The molecule has 1 aromatic heterocycles. The number of rotatable bonds is 5. The molecule has 0 amide bonds. The molecule has 0 N–H and O–H groups in total. The zero-order valence-corrected chi connectivity index (χ0v) is 11.6. The quantitative estimate of drug-likeness (QED) is 0.823. The second-order valence-electron chi connectivity index (χ2n) is 3.65. The molecule has 86 valence electrons. The zero-order chi connectivity index (χ0) is 11.4. The van der Waals surface area contributed by atoms with Crippen molar-refractivity contribution in [1.82, 2.24) is 14.7 Å². The fourth-order valence-corrected chi connectivity index (χ4v) is 2.39. The van der Waals surface area contributed by atoms with Gasteiger partial charge in [-0.1, -0.05) is 20.8 Å². The van der Waals surface area contributed by atoms with Crippen LogP contribution in [-0.4, -0.2) is 27.8 Å². The van der Waals surface area contributed by atoms with Crippen molar-refractivity contribution in [1.29, 1.82) is 0 Å². The Balaban J connectivity index is 2.88. The molecule has 0 aromatic carbocycles. The summed E-state index contributed by atoms with van der Waals surface area (Å²) in [5, 5.41) is 4.49. The van der Waals surface area contributed by atoms with E-state index in [4.69, 9.17) is 0 Å². The van der Waals surface area contributed by atoms with E-state index in [-0.39, 0.29) is 0 Å². The van der Waals surface area contributed by atoms with Crippen LogP contribution in [0, 0.1) is 0 Å². The molecule has 3 nitrogen and oxygen atoms in total. The van der Waals surface area contributed by atoms with Crippen molar-refractivity contribution in [3.63, 3.8) is 0 Å². The van der Waals surface area contributed by atoms with Gasteiger partial charge in [0.15, 0.2) is 0 Å². The van der Waals surface area contributed by atoms with Gasteiger partial charge in [-0.05, 0) is 35.4 Å². The van der Waals surface area contributed by atoms with Crippen LogP contribution in [0.4, 0.5) is 0 Å². The van der Waals surface area contributed by atoms with Crippen molar-refractivity contribution in [2.75, 3.05) is 13.1 Å². The van der Waals surface area contributed by atoms with Crippen LogP contribution >= 0.6 is 15.9 Å². The first kappa shape index (κ1) is 12.7. The fourth-order valence-electron chi connectivity index (χ4n) is 1.65. The van der Waals surface area contributed by atoms with Crippen molar-refractivity contribution < 1.29 is 0 Å². The first-order chi connectivity index (χ1) is 7.13. The summed E-state index contributed by atoms with van der Waals surface area (Å²) in [6, 6.07) is 0. The Bertz CT molecular complexity index is 316. The van der Waals surface area contributed by atoms with Gasteiger partial charge in [0.05, 0.1) is 15.9 Å². The Morgan fingerprint density at radius 2 is 1.87 bits per heavy atom. The van der Waals surface area contributed by atoms with E-state index in [1.54, 1.807) is 0 Å². The standard InChI is InChI=1S/C11H20BrN3/c1-5-9-11(12)10(14(4)13-9)8-15(6-2)7-3/h5-8H2,1-4H3. The lowest BCUT2D eigenvalue weighted by Gasteiger charge is -2.18. The number of halogens is 1. The van der Waals surface area contributed by atoms with E-state index >= 15 is 0 Å². The van der Waals surface area contributed by atoms with Crippen LogP contribution in [0.25, 0.3) is 0 Å². The Hall–Kier alpha value is -0.350. The smallest absolute Gasteiger partial charge is 0.0767 e. The van der Waals surface area contributed by atoms with E-state index < -0.39 is 0 Å². The third-order valence-electron chi connectivity index (χ3n) is 2.77. The number of aryl methyl sites for hydroxylation is 2. The Morgan fingerprint density at radius 1 is 1.27 bits per heavy atom. The monoisotopic (exact) mass is 273 g/mol. The molecule has 0 spiro atoms. The highest BCUT2D eigenvalue weighted by atomic mass is 79.9. The van der Waals surface area contributed by atoms with Gasteiger partial charge in [-0.3, -0.25) is 9.58 Å². The van der Waals surface area contributed by atoms with E-state index in [1.165, 1.54) is 10.2 Å². The summed E-state index contributed by atoms with van der Waals surface area (Å²) in [5.74, 6) is 0. The summed E-state index contributed by atoms with van der Waals surface area (Å²) in [7, 11) is 2.02. The first-order valence-electron chi connectivity index (χ1n) is 5.56. The van der Waals surface area contributed by atoms with E-state index in [2.05, 4.69) is 46.7 Å². The molecule has 0 bridgehead atoms. The molecular formula is C11H20BrN3. The average molecular weight is 274 g/mol. The van der Waals surface area contributed by atoms with Crippen LogP contribution in [0.3, 0.4) is 0 Å². The van der Waals surface area contributed by atoms with Gasteiger partial charge in [0.25, 0.3) is 0 Å². The second kappa shape index (κ2) is 5.66. The van der Waals surface area contributed by atoms with Gasteiger partial charge >= 0.3 is 0 Å². The predicted octanol–water partition coefficient (Wildman–Crippen LogP) is 2.59. The van der Waals surface area contributed by atoms with Gasteiger partial charge < -0.3 is 0 Å². The van der Waals surface area contributed by atoms with Gasteiger partial charge in [-0.25, -0.2) is 0 Å². The highest BCUT2D eigenvalue weighted by Crippen LogP contribution is 2.22. The third-order valence-corrected chi connectivity index (χ3v) is 3.69. The summed E-state index contributed by atoms with van der Waals surface area (Å²) in [4.78, 5) is 2.39. The summed E-state index contributed by atoms with van der Waals surface area (Å²) in [6.45, 7) is 9.64. The van der Waals surface area contributed by atoms with Crippen molar-refractivity contribution >= 4 is 15.9 Å².